The standard InChI is InChI=1S/C81H142O17P2/c1-5-9-13-17-21-25-29-33-37-41-45-49-53-57-61-65-78(83)91-71-76(97-80(85)67-63-59-55-51-47-43-39-35-31-27-23-19-15-11-7-3)73-95-99(87,88)93-69-75(82)70-94-100(89,90)96-74-77(98-81(86)68-64-60-56-52-48-44-40-36-32-28-24-20-16-12-8-4)72-92-79(84)66-62-58-54-50-46-42-38-34-30-26-22-18-14-10-6-2/h21,24-28,30-31,33-40,75-77,82H,5-20,22-23,29,32,41-74H2,1-4H3,(H,87,88)(H,89,90)/b25-21-,28-24-,30-26-,31-27-,37-33-,38-34-,39-35-,40-36-/t75-,76+,77+/m0/s1. The maximum atomic E-state index is 13.1. The molecule has 0 saturated carbocycles. The van der Waals surface area contributed by atoms with E-state index < -0.39 is 97.5 Å². The van der Waals surface area contributed by atoms with Crippen LogP contribution in [0.25, 0.3) is 0 Å². The molecule has 0 aliphatic rings. The number of phosphoric acid groups is 2. The molecule has 0 radical (unpaired) electrons. The van der Waals surface area contributed by atoms with Gasteiger partial charge in [0.25, 0.3) is 0 Å². The van der Waals surface area contributed by atoms with Crippen LogP contribution in [0, 0.1) is 0 Å². The van der Waals surface area contributed by atoms with Crippen molar-refractivity contribution >= 4 is 39.5 Å². The molecular formula is C81H142O17P2. The largest absolute Gasteiger partial charge is 0.472 e. The summed E-state index contributed by atoms with van der Waals surface area (Å²) in [5.41, 5.74) is 0. The van der Waals surface area contributed by atoms with Crippen LogP contribution in [-0.2, 0) is 65.4 Å². The Labute approximate surface area is 607 Å². The monoisotopic (exact) mass is 1450 g/mol. The molecule has 578 valence electrons. The van der Waals surface area contributed by atoms with Gasteiger partial charge in [0.1, 0.15) is 19.3 Å². The van der Waals surface area contributed by atoms with Crippen molar-refractivity contribution in [3.8, 4) is 0 Å². The van der Waals surface area contributed by atoms with Crippen molar-refractivity contribution < 1.29 is 80.2 Å². The zero-order valence-corrected chi connectivity index (χ0v) is 64.9. The number of carbonyl (C=O) groups excluding carboxylic acids is 4. The summed E-state index contributed by atoms with van der Waals surface area (Å²) in [7, 11) is -9.97. The van der Waals surface area contributed by atoms with Gasteiger partial charge in [0.05, 0.1) is 26.4 Å². The summed E-state index contributed by atoms with van der Waals surface area (Å²) in [4.78, 5) is 72.9. The van der Waals surface area contributed by atoms with E-state index in [9.17, 15) is 43.2 Å². The fourth-order valence-electron chi connectivity index (χ4n) is 10.4. The molecule has 0 aliphatic heterocycles. The molecule has 0 aromatic carbocycles. The van der Waals surface area contributed by atoms with Crippen LogP contribution in [0.5, 0.6) is 0 Å². The zero-order chi connectivity index (χ0) is 73.2. The van der Waals surface area contributed by atoms with Gasteiger partial charge in [0.15, 0.2) is 12.2 Å². The molecule has 0 aromatic rings. The second-order valence-corrected chi connectivity index (χ2v) is 29.3. The fraction of sp³-hybridized carbons (Fsp3) is 0.753. The summed E-state index contributed by atoms with van der Waals surface area (Å²) < 4.78 is 68.5. The lowest BCUT2D eigenvalue weighted by molar-refractivity contribution is -0.161. The molecule has 0 saturated heterocycles. The smallest absolute Gasteiger partial charge is 0.462 e. The van der Waals surface area contributed by atoms with E-state index in [1.54, 1.807) is 0 Å². The molecule has 0 rings (SSSR count). The molecule has 2 unspecified atom stereocenters. The molecule has 5 atom stereocenters. The Hall–Kier alpha value is -4.02. The van der Waals surface area contributed by atoms with Crippen molar-refractivity contribution in [2.24, 2.45) is 0 Å². The Morgan fingerprint density at radius 3 is 0.820 bits per heavy atom. The topological polar surface area (TPSA) is 237 Å². The molecule has 0 aliphatic carbocycles. The van der Waals surface area contributed by atoms with Crippen LogP contribution < -0.4 is 0 Å². The highest BCUT2D eigenvalue weighted by Crippen LogP contribution is 2.45. The summed E-state index contributed by atoms with van der Waals surface area (Å²) in [6.45, 7) is 4.74. The number of ether oxygens (including phenoxy) is 4. The minimum atomic E-state index is -4.98. The van der Waals surface area contributed by atoms with Gasteiger partial charge in [-0.1, -0.05) is 266 Å². The minimum absolute atomic E-state index is 0.0740. The van der Waals surface area contributed by atoms with E-state index in [2.05, 4.69) is 125 Å². The number of carbonyl (C=O) groups is 4. The van der Waals surface area contributed by atoms with E-state index in [1.807, 2.05) is 0 Å². The molecule has 0 spiro atoms. The molecule has 0 fully saturated rings. The van der Waals surface area contributed by atoms with Gasteiger partial charge in [-0.15, -0.1) is 0 Å². The molecule has 17 nitrogen and oxygen atoms in total. The number of hydrogen-bond donors (Lipinski definition) is 3. The second kappa shape index (κ2) is 73.3. The summed E-state index contributed by atoms with van der Waals surface area (Å²) >= 11 is 0. The Morgan fingerprint density at radius 2 is 0.520 bits per heavy atom. The van der Waals surface area contributed by atoms with Crippen LogP contribution in [0.15, 0.2) is 97.2 Å². The Balaban J connectivity index is 5.40. The van der Waals surface area contributed by atoms with Crippen LogP contribution in [0.2, 0.25) is 0 Å². The Kier molecular flexibility index (Phi) is 70.4. The fourth-order valence-corrected chi connectivity index (χ4v) is 12.0. The number of phosphoric ester groups is 2. The first-order chi connectivity index (χ1) is 48.7. The van der Waals surface area contributed by atoms with Gasteiger partial charge in [-0.25, -0.2) is 9.13 Å². The number of aliphatic hydroxyl groups is 1. The Bertz CT molecular complexity index is 2270. The number of hydrogen-bond acceptors (Lipinski definition) is 15. The Morgan fingerprint density at radius 1 is 0.290 bits per heavy atom. The number of unbranched alkanes of at least 4 members (excludes halogenated alkanes) is 34. The first-order valence-electron chi connectivity index (χ1n) is 39.5. The van der Waals surface area contributed by atoms with Crippen molar-refractivity contribution in [2.75, 3.05) is 39.6 Å². The molecule has 19 heteroatoms. The van der Waals surface area contributed by atoms with Gasteiger partial charge in [-0.05, 0) is 141 Å². The van der Waals surface area contributed by atoms with E-state index in [4.69, 9.17) is 37.0 Å². The van der Waals surface area contributed by atoms with Crippen LogP contribution in [-0.4, -0.2) is 96.7 Å². The highest BCUT2D eigenvalue weighted by molar-refractivity contribution is 7.47. The van der Waals surface area contributed by atoms with Crippen molar-refractivity contribution in [1.29, 1.82) is 0 Å². The molecule has 0 aromatic heterocycles. The molecule has 3 N–H and O–H groups in total. The lowest BCUT2D eigenvalue weighted by atomic mass is 10.1. The van der Waals surface area contributed by atoms with E-state index in [0.717, 1.165) is 167 Å². The average Bonchev–Trinajstić information content (AvgIpc) is 1.01. The SMILES string of the molecule is CCCCC/C=C\C/C=C\CCCCCCCC(=O)OC[C@H](COP(=O)(O)OC[C@H](O)COP(=O)(O)OC[C@@H](COC(=O)CCCCCCC/C=C\C=C/CCCCCC)OC(=O)CCCCCCC/C=C\C/C=C\CCCCC)OC(=O)CCCCCCC/C=C\C=C/CCCCCC. The predicted molar refractivity (Wildman–Crippen MR) is 409 cm³/mol. The highest BCUT2D eigenvalue weighted by atomic mass is 31.2. The number of aliphatic hydroxyl groups excluding tert-OH is 1. The summed E-state index contributed by atoms with van der Waals surface area (Å²) in [5, 5.41) is 10.6. The van der Waals surface area contributed by atoms with E-state index in [0.29, 0.717) is 25.7 Å². The van der Waals surface area contributed by atoms with Gasteiger partial charge >= 0.3 is 39.5 Å². The van der Waals surface area contributed by atoms with Crippen molar-refractivity contribution in [3.05, 3.63) is 97.2 Å². The zero-order valence-electron chi connectivity index (χ0n) is 63.1. The van der Waals surface area contributed by atoms with Gasteiger partial charge in [-0.3, -0.25) is 37.3 Å². The molecule has 0 heterocycles. The second-order valence-electron chi connectivity index (χ2n) is 26.3. The predicted octanol–water partition coefficient (Wildman–Crippen LogP) is 22.8. The quantitative estimate of drug-likeness (QED) is 0.0128. The molecule has 100 heavy (non-hydrogen) atoms. The van der Waals surface area contributed by atoms with E-state index in [-0.39, 0.29) is 25.7 Å². The summed E-state index contributed by atoms with van der Waals surface area (Å²) in [6, 6.07) is 0. The van der Waals surface area contributed by atoms with Crippen LogP contribution in [0.3, 0.4) is 0 Å². The number of esters is 4. The van der Waals surface area contributed by atoms with Gasteiger partial charge in [-0.2, -0.15) is 0 Å². The van der Waals surface area contributed by atoms with Gasteiger partial charge < -0.3 is 33.8 Å². The lowest BCUT2D eigenvalue weighted by Gasteiger charge is -2.21. The lowest BCUT2D eigenvalue weighted by Crippen LogP contribution is -2.30. The van der Waals surface area contributed by atoms with E-state index in [1.165, 1.54) is 89.9 Å². The molecule has 0 amide bonds. The average molecular weight is 1450 g/mol. The third-order valence-corrected chi connectivity index (χ3v) is 18.4. The number of allylic oxidation sites excluding steroid dienone is 16. The molecule has 0 bridgehead atoms. The molecular weight excluding hydrogens is 1310 g/mol. The maximum absolute atomic E-state index is 13.1. The van der Waals surface area contributed by atoms with Crippen molar-refractivity contribution in [2.45, 2.75) is 354 Å². The highest BCUT2D eigenvalue weighted by Gasteiger charge is 2.30. The van der Waals surface area contributed by atoms with Gasteiger partial charge in [0, 0.05) is 25.7 Å². The van der Waals surface area contributed by atoms with Crippen LogP contribution >= 0.6 is 15.6 Å². The van der Waals surface area contributed by atoms with Crippen molar-refractivity contribution in [3.63, 3.8) is 0 Å². The number of rotatable bonds is 74. The van der Waals surface area contributed by atoms with Crippen LogP contribution in [0.4, 0.5) is 0 Å². The van der Waals surface area contributed by atoms with Crippen molar-refractivity contribution in [1.82, 2.24) is 0 Å². The van der Waals surface area contributed by atoms with Crippen LogP contribution in [0.1, 0.15) is 336 Å². The minimum Gasteiger partial charge on any atom is -0.462 e. The third-order valence-electron chi connectivity index (χ3n) is 16.5. The normalized spacial score (nSPS) is 14.4. The third kappa shape index (κ3) is 72.3. The first-order valence-corrected chi connectivity index (χ1v) is 42.5. The summed E-state index contributed by atoms with van der Waals surface area (Å²) in [5.74, 6) is -2.23. The maximum Gasteiger partial charge on any atom is 0.472 e. The first kappa shape index (κ1) is 96.0. The van der Waals surface area contributed by atoms with Gasteiger partial charge in [0.2, 0.25) is 0 Å². The summed E-state index contributed by atoms with van der Waals surface area (Å²) in [6.07, 6.45) is 76.6. The van der Waals surface area contributed by atoms with E-state index >= 15 is 0 Å².